The van der Waals surface area contributed by atoms with E-state index in [1.165, 1.54) is 0 Å². The summed E-state index contributed by atoms with van der Waals surface area (Å²) in [7, 11) is 0. The number of aliphatic carboxylic acids is 1. The number of β-amino-alcohol motifs (C(OH)–C–C–N with tert-alkyl or cyclic N) is 1. The first-order valence-electron chi connectivity index (χ1n) is 5.27. The lowest BCUT2D eigenvalue weighted by Crippen LogP contribution is -2.42. The molecule has 0 radical (unpaired) electrons. The fourth-order valence-corrected chi connectivity index (χ4v) is 1.73. The Hall–Kier alpha value is -1.10. The number of hydrogen-bond donors (Lipinski definition) is 2. The summed E-state index contributed by atoms with van der Waals surface area (Å²) in [5.41, 5.74) is 0. The van der Waals surface area contributed by atoms with Crippen molar-refractivity contribution < 1.29 is 19.8 Å². The topological polar surface area (TPSA) is 77.8 Å². The van der Waals surface area contributed by atoms with Gasteiger partial charge in [0, 0.05) is 25.9 Å². The first kappa shape index (κ1) is 12.0. The van der Waals surface area contributed by atoms with Crippen LogP contribution in [-0.2, 0) is 9.59 Å². The van der Waals surface area contributed by atoms with Gasteiger partial charge in [0.1, 0.15) is 0 Å². The molecule has 2 N–H and O–H groups in total. The van der Waals surface area contributed by atoms with E-state index in [2.05, 4.69) is 0 Å². The van der Waals surface area contributed by atoms with Crippen molar-refractivity contribution in [3.63, 3.8) is 0 Å². The minimum atomic E-state index is -0.874. The van der Waals surface area contributed by atoms with Crippen LogP contribution >= 0.6 is 0 Å². The van der Waals surface area contributed by atoms with Crippen molar-refractivity contribution in [2.75, 3.05) is 13.1 Å². The lowest BCUT2D eigenvalue weighted by Gasteiger charge is -2.30. The third kappa shape index (κ3) is 4.29. The van der Waals surface area contributed by atoms with Crippen molar-refractivity contribution in [3.05, 3.63) is 0 Å². The smallest absolute Gasteiger partial charge is 0.303 e. The highest BCUT2D eigenvalue weighted by Gasteiger charge is 2.21. The fraction of sp³-hybridized carbons (Fsp3) is 0.800. The molecule has 0 spiro atoms. The molecule has 1 fully saturated rings. The van der Waals surface area contributed by atoms with Gasteiger partial charge in [0.25, 0.3) is 0 Å². The van der Waals surface area contributed by atoms with E-state index in [1.807, 2.05) is 0 Å². The van der Waals surface area contributed by atoms with Crippen LogP contribution in [0.1, 0.15) is 32.1 Å². The number of carbonyl (C=O) groups excluding carboxylic acids is 1. The number of carbonyl (C=O) groups is 2. The Morgan fingerprint density at radius 2 is 2.07 bits per heavy atom. The number of aliphatic hydroxyl groups excluding tert-OH is 1. The molecule has 0 bridgehead atoms. The van der Waals surface area contributed by atoms with Gasteiger partial charge in [-0.25, -0.2) is 0 Å². The van der Waals surface area contributed by atoms with Gasteiger partial charge in [0.2, 0.25) is 5.91 Å². The number of carboxylic acid groups (broad SMARTS) is 1. The molecule has 0 aromatic heterocycles. The third-order valence-corrected chi connectivity index (χ3v) is 2.53. The molecule has 5 nitrogen and oxygen atoms in total. The van der Waals surface area contributed by atoms with E-state index in [4.69, 9.17) is 5.11 Å². The number of likely N-dealkylation sites (tertiary alicyclic amines) is 1. The Morgan fingerprint density at radius 3 is 2.67 bits per heavy atom. The van der Waals surface area contributed by atoms with E-state index in [-0.39, 0.29) is 18.7 Å². The molecule has 5 heteroatoms. The fourth-order valence-electron chi connectivity index (χ4n) is 1.73. The van der Waals surface area contributed by atoms with Gasteiger partial charge >= 0.3 is 5.97 Å². The van der Waals surface area contributed by atoms with Crippen molar-refractivity contribution >= 4 is 11.9 Å². The van der Waals surface area contributed by atoms with Gasteiger partial charge in [-0.05, 0) is 19.3 Å². The number of nitrogens with zero attached hydrogens (tertiary/aromatic N) is 1. The molecule has 0 aromatic rings. The van der Waals surface area contributed by atoms with E-state index in [0.29, 0.717) is 19.5 Å². The maximum absolute atomic E-state index is 11.5. The molecule has 1 aliphatic rings. The van der Waals surface area contributed by atoms with Crippen LogP contribution in [0.5, 0.6) is 0 Å². The minimum absolute atomic E-state index is 0.0299. The molecule has 1 unspecified atom stereocenters. The maximum Gasteiger partial charge on any atom is 0.303 e. The Bertz CT molecular complexity index is 242. The SMILES string of the molecule is O=C(O)CCCC(=O)N1CCCC(O)C1. The first-order chi connectivity index (χ1) is 7.09. The van der Waals surface area contributed by atoms with Crippen molar-refractivity contribution in [1.82, 2.24) is 4.90 Å². The zero-order chi connectivity index (χ0) is 11.3. The van der Waals surface area contributed by atoms with Crippen molar-refractivity contribution in [2.45, 2.75) is 38.2 Å². The largest absolute Gasteiger partial charge is 0.481 e. The standard InChI is InChI=1S/C10H17NO4/c12-8-3-2-6-11(7-8)9(13)4-1-5-10(14)15/h8,12H,1-7H2,(H,14,15). The number of amides is 1. The van der Waals surface area contributed by atoms with Crippen LogP contribution in [0.2, 0.25) is 0 Å². The van der Waals surface area contributed by atoms with E-state index >= 15 is 0 Å². The van der Waals surface area contributed by atoms with E-state index in [9.17, 15) is 14.7 Å². The van der Waals surface area contributed by atoms with Crippen molar-refractivity contribution in [2.24, 2.45) is 0 Å². The van der Waals surface area contributed by atoms with E-state index < -0.39 is 12.1 Å². The van der Waals surface area contributed by atoms with Gasteiger partial charge in [-0.1, -0.05) is 0 Å². The van der Waals surface area contributed by atoms with Crippen LogP contribution in [0.3, 0.4) is 0 Å². The summed E-state index contributed by atoms with van der Waals surface area (Å²) in [6.07, 6.45) is 1.83. The predicted octanol–water partition coefficient (Wildman–Crippen LogP) is 0.225. The van der Waals surface area contributed by atoms with Gasteiger partial charge < -0.3 is 15.1 Å². The number of hydrogen-bond acceptors (Lipinski definition) is 3. The quantitative estimate of drug-likeness (QED) is 0.703. The molecule has 86 valence electrons. The van der Waals surface area contributed by atoms with Crippen LogP contribution in [-0.4, -0.2) is 46.2 Å². The second-order valence-corrected chi connectivity index (χ2v) is 3.88. The van der Waals surface area contributed by atoms with Gasteiger partial charge in [0.05, 0.1) is 6.10 Å². The first-order valence-corrected chi connectivity index (χ1v) is 5.27. The molecule has 1 rings (SSSR count). The zero-order valence-electron chi connectivity index (χ0n) is 8.69. The van der Waals surface area contributed by atoms with E-state index in [0.717, 1.165) is 12.8 Å². The Kier molecular flexibility index (Phi) is 4.55. The van der Waals surface area contributed by atoms with Gasteiger partial charge in [-0.2, -0.15) is 0 Å². The molecule has 0 aromatic carbocycles. The number of aliphatic hydroxyl groups is 1. The number of piperidine rings is 1. The Morgan fingerprint density at radius 1 is 1.33 bits per heavy atom. The summed E-state index contributed by atoms with van der Waals surface area (Å²) in [5, 5.41) is 17.8. The molecule has 1 aliphatic heterocycles. The van der Waals surface area contributed by atoms with Crippen LogP contribution in [0.4, 0.5) is 0 Å². The second kappa shape index (κ2) is 5.70. The second-order valence-electron chi connectivity index (χ2n) is 3.88. The van der Waals surface area contributed by atoms with Crippen molar-refractivity contribution in [1.29, 1.82) is 0 Å². The maximum atomic E-state index is 11.5. The highest BCUT2D eigenvalue weighted by Crippen LogP contribution is 2.11. The van der Waals surface area contributed by atoms with Crippen LogP contribution in [0.25, 0.3) is 0 Å². The van der Waals surface area contributed by atoms with Crippen LogP contribution < -0.4 is 0 Å². The Labute approximate surface area is 88.7 Å². The summed E-state index contributed by atoms with van der Waals surface area (Å²) in [6, 6.07) is 0. The molecular weight excluding hydrogens is 198 g/mol. The molecule has 0 aliphatic carbocycles. The zero-order valence-corrected chi connectivity index (χ0v) is 8.69. The summed E-state index contributed by atoms with van der Waals surface area (Å²) in [6.45, 7) is 1.08. The summed E-state index contributed by atoms with van der Waals surface area (Å²) >= 11 is 0. The molecule has 0 saturated carbocycles. The van der Waals surface area contributed by atoms with E-state index in [1.54, 1.807) is 4.90 Å². The number of rotatable bonds is 4. The van der Waals surface area contributed by atoms with Gasteiger partial charge in [-0.15, -0.1) is 0 Å². The molecule has 1 saturated heterocycles. The average molecular weight is 215 g/mol. The van der Waals surface area contributed by atoms with Gasteiger partial charge in [0.15, 0.2) is 0 Å². The monoisotopic (exact) mass is 215 g/mol. The lowest BCUT2D eigenvalue weighted by molar-refractivity contribution is -0.137. The lowest BCUT2D eigenvalue weighted by atomic mass is 10.1. The highest BCUT2D eigenvalue weighted by molar-refractivity contribution is 5.77. The van der Waals surface area contributed by atoms with Crippen LogP contribution in [0, 0.1) is 0 Å². The average Bonchev–Trinajstić information content (AvgIpc) is 2.17. The normalized spacial score (nSPS) is 21.4. The van der Waals surface area contributed by atoms with Crippen molar-refractivity contribution in [3.8, 4) is 0 Å². The molecule has 1 amide bonds. The predicted molar refractivity (Wildman–Crippen MR) is 53.3 cm³/mol. The summed E-state index contributed by atoms with van der Waals surface area (Å²) in [5.74, 6) is -0.920. The summed E-state index contributed by atoms with van der Waals surface area (Å²) < 4.78 is 0. The van der Waals surface area contributed by atoms with Crippen LogP contribution in [0.15, 0.2) is 0 Å². The molecule has 1 atom stereocenters. The third-order valence-electron chi connectivity index (χ3n) is 2.53. The highest BCUT2D eigenvalue weighted by atomic mass is 16.4. The minimum Gasteiger partial charge on any atom is -0.481 e. The Balaban J connectivity index is 2.24. The molecular formula is C10H17NO4. The number of carboxylic acids is 1. The summed E-state index contributed by atoms with van der Waals surface area (Å²) in [4.78, 5) is 23.4. The molecule has 1 heterocycles. The van der Waals surface area contributed by atoms with Gasteiger partial charge in [-0.3, -0.25) is 9.59 Å². The molecule has 15 heavy (non-hydrogen) atoms.